The summed E-state index contributed by atoms with van der Waals surface area (Å²) < 4.78 is 3.47. The number of hydrogen-bond acceptors (Lipinski definition) is 3. The van der Waals surface area contributed by atoms with Gasteiger partial charge >= 0.3 is 5.69 Å². The fourth-order valence-corrected chi connectivity index (χ4v) is 4.82. The summed E-state index contributed by atoms with van der Waals surface area (Å²) in [4.78, 5) is 33.1. The Kier molecular flexibility index (Phi) is 6.47. The van der Waals surface area contributed by atoms with Crippen LogP contribution >= 0.6 is 35.6 Å². The topological polar surface area (TPSA) is 72.7 Å². The molecule has 0 spiro atoms. The molecular formula is C23H21Cl3N4O2. The molecule has 2 heterocycles. The first kappa shape index (κ1) is 22.6. The predicted octanol–water partition coefficient (Wildman–Crippen LogP) is 5.45. The zero-order chi connectivity index (χ0) is 21.5. The number of rotatable bonds is 4. The number of aromatic amines is 1. The van der Waals surface area contributed by atoms with Crippen molar-refractivity contribution in [2.75, 3.05) is 0 Å². The minimum absolute atomic E-state index is 0. The molecule has 1 aliphatic rings. The van der Waals surface area contributed by atoms with Crippen LogP contribution in [0.1, 0.15) is 37.3 Å². The van der Waals surface area contributed by atoms with Gasteiger partial charge in [-0.1, -0.05) is 72.4 Å². The summed E-state index contributed by atoms with van der Waals surface area (Å²) in [6, 6.07) is 15.1. The van der Waals surface area contributed by atoms with Gasteiger partial charge < -0.3 is 4.57 Å². The summed E-state index contributed by atoms with van der Waals surface area (Å²) in [5.41, 5.74) is 1.42. The summed E-state index contributed by atoms with van der Waals surface area (Å²) >= 11 is 12.8. The molecule has 5 rings (SSSR count). The molecule has 6 nitrogen and oxygen atoms in total. The Balaban J connectivity index is 0.00000245. The molecule has 0 atom stereocenters. The number of aromatic nitrogens is 4. The van der Waals surface area contributed by atoms with Crippen LogP contribution in [-0.2, 0) is 6.54 Å². The lowest BCUT2D eigenvalue weighted by Gasteiger charge is -2.17. The van der Waals surface area contributed by atoms with Crippen LogP contribution < -0.4 is 11.2 Å². The molecule has 2 aromatic heterocycles. The van der Waals surface area contributed by atoms with E-state index in [0.717, 1.165) is 31.2 Å². The van der Waals surface area contributed by atoms with Gasteiger partial charge in [-0.25, -0.2) is 9.78 Å². The van der Waals surface area contributed by atoms with Crippen LogP contribution in [0.4, 0.5) is 0 Å². The van der Waals surface area contributed by atoms with Crippen molar-refractivity contribution in [3.05, 3.63) is 85.0 Å². The van der Waals surface area contributed by atoms with Crippen molar-refractivity contribution in [1.29, 1.82) is 0 Å². The first-order chi connectivity index (χ1) is 15.0. The molecular weight excluding hydrogens is 471 g/mol. The molecule has 0 aliphatic heterocycles. The van der Waals surface area contributed by atoms with Crippen LogP contribution in [0.25, 0.3) is 22.6 Å². The van der Waals surface area contributed by atoms with Crippen LogP contribution in [0.5, 0.6) is 0 Å². The van der Waals surface area contributed by atoms with Crippen molar-refractivity contribution >= 4 is 46.8 Å². The Morgan fingerprint density at radius 2 is 1.72 bits per heavy atom. The summed E-state index contributed by atoms with van der Waals surface area (Å²) in [6.45, 7) is 0.303. The SMILES string of the molecule is Cl.O=c1[nH]c(=O)n(Cc2ccccc2)c2nc(-c3cccc(Cl)c3Cl)n(C3CCCC3)c12. The second-order valence-electron chi connectivity index (χ2n) is 7.85. The molecule has 0 unspecified atom stereocenters. The molecule has 2 aromatic carbocycles. The van der Waals surface area contributed by atoms with Gasteiger partial charge in [0.2, 0.25) is 0 Å². The van der Waals surface area contributed by atoms with E-state index in [-0.39, 0.29) is 18.4 Å². The van der Waals surface area contributed by atoms with E-state index in [1.807, 2.05) is 47.0 Å². The molecule has 1 aliphatic carbocycles. The highest BCUT2D eigenvalue weighted by Gasteiger charge is 2.28. The van der Waals surface area contributed by atoms with Crippen LogP contribution in [0.15, 0.2) is 58.1 Å². The van der Waals surface area contributed by atoms with Crippen LogP contribution in [-0.4, -0.2) is 19.1 Å². The van der Waals surface area contributed by atoms with E-state index in [4.69, 9.17) is 28.2 Å². The van der Waals surface area contributed by atoms with Gasteiger partial charge in [0.25, 0.3) is 5.56 Å². The summed E-state index contributed by atoms with van der Waals surface area (Å²) in [5.74, 6) is 0.562. The van der Waals surface area contributed by atoms with E-state index in [1.165, 1.54) is 4.57 Å². The second-order valence-corrected chi connectivity index (χ2v) is 8.63. The average Bonchev–Trinajstić information content (AvgIpc) is 3.42. The van der Waals surface area contributed by atoms with E-state index in [9.17, 15) is 9.59 Å². The second kappa shape index (κ2) is 9.14. The zero-order valence-corrected chi connectivity index (χ0v) is 19.4. The highest BCUT2D eigenvalue weighted by Crippen LogP contribution is 2.39. The Morgan fingerprint density at radius 1 is 1.00 bits per heavy atom. The zero-order valence-electron chi connectivity index (χ0n) is 17.1. The Bertz CT molecular complexity index is 1390. The minimum atomic E-state index is -0.485. The van der Waals surface area contributed by atoms with Gasteiger partial charge in [0.15, 0.2) is 11.2 Å². The first-order valence-corrected chi connectivity index (χ1v) is 11.0. The molecule has 4 aromatic rings. The molecule has 0 bridgehead atoms. The van der Waals surface area contributed by atoms with Gasteiger partial charge in [-0.2, -0.15) is 0 Å². The third-order valence-electron chi connectivity index (χ3n) is 5.89. The summed E-state index contributed by atoms with van der Waals surface area (Å²) in [6.07, 6.45) is 4.03. The van der Waals surface area contributed by atoms with Crippen molar-refractivity contribution in [1.82, 2.24) is 19.1 Å². The van der Waals surface area contributed by atoms with E-state index >= 15 is 0 Å². The van der Waals surface area contributed by atoms with E-state index in [0.29, 0.717) is 39.1 Å². The maximum absolute atomic E-state index is 13.0. The molecule has 9 heteroatoms. The molecule has 1 fully saturated rings. The van der Waals surface area contributed by atoms with E-state index in [2.05, 4.69) is 4.98 Å². The van der Waals surface area contributed by atoms with E-state index < -0.39 is 11.2 Å². The fourth-order valence-electron chi connectivity index (χ4n) is 4.44. The Labute approximate surface area is 200 Å². The van der Waals surface area contributed by atoms with Crippen molar-refractivity contribution in [3.63, 3.8) is 0 Å². The molecule has 0 amide bonds. The van der Waals surface area contributed by atoms with Gasteiger partial charge in [-0.3, -0.25) is 14.3 Å². The summed E-state index contributed by atoms with van der Waals surface area (Å²) in [7, 11) is 0. The smallest absolute Gasteiger partial charge is 0.315 e. The monoisotopic (exact) mass is 490 g/mol. The first-order valence-electron chi connectivity index (χ1n) is 10.3. The van der Waals surface area contributed by atoms with Gasteiger partial charge in [0, 0.05) is 11.6 Å². The van der Waals surface area contributed by atoms with Gasteiger partial charge in [-0.05, 0) is 30.5 Å². The minimum Gasteiger partial charge on any atom is -0.315 e. The maximum Gasteiger partial charge on any atom is 0.330 e. The molecule has 166 valence electrons. The number of H-pyrrole nitrogens is 1. The van der Waals surface area contributed by atoms with E-state index in [1.54, 1.807) is 6.07 Å². The number of halogens is 3. The summed E-state index contributed by atoms with van der Waals surface area (Å²) in [5, 5.41) is 0.798. The standard InChI is InChI=1S/C23H20Cl2N4O2.ClH/c24-17-12-6-11-16(18(17)25)20-26-21-19(29(20)15-9-4-5-10-15)22(30)27-23(31)28(21)13-14-7-2-1-3-8-14;/h1-3,6-8,11-12,15H,4-5,9-10,13H2,(H,27,30,31);1H. The normalized spacial score (nSPS) is 14.1. The van der Waals surface area contributed by atoms with Crippen LogP contribution in [0.2, 0.25) is 10.0 Å². The number of fused-ring (bicyclic) bond motifs is 1. The fraction of sp³-hybridized carbons (Fsp3) is 0.261. The molecule has 0 saturated heterocycles. The van der Waals surface area contributed by atoms with Crippen molar-refractivity contribution in [3.8, 4) is 11.4 Å². The predicted molar refractivity (Wildman–Crippen MR) is 130 cm³/mol. The highest BCUT2D eigenvalue weighted by molar-refractivity contribution is 6.43. The van der Waals surface area contributed by atoms with Crippen LogP contribution in [0, 0.1) is 0 Å². The maximum atomic E-state index is 13.0. The van der Waals surface area contributed by atoms with Crippen LogP contribution in [0.3, 0.4) is 0 Å². The molecule has 1 saturated carbocycles. The van der Waals surface area contributed by atoms with Crippen molar-refractivity contribution in [2.45, 2.75) is 38.3 Å². The third kappa shape index (κ3) is 3.87. The lowest BCUT2D eigenvalue weighted by atomic mass is 10.1. The van der Waals surface area contributed by atoms with Gasteiger partial charge in [0.1, 0.15) is 5.82 Å². The third-order valence-corrected chi connectivity index (χ3v) is 6.71. The van der Waals surface area contributed by atoms with Crippen molar-refractivity contribution in [2.24, 2.45) is 0 Å². The van der Waals surface area contributed by atoms with Gasteiger partial charge in [0.05, 0.1) is 16.6 Å². The lowest BCUT2D eigenvalue weighted by Crippen LogP contribution is -2.31. The molecule has 0 radical (unpaired) electrons. The molecule has 1 N–H and O–H groups in total. The quantitative estimate of drug-likeness (QED) is 0.413. The highest BCUT2D eigenvalue weighted by atomic mass is 35.5. The Morgan fingerprint density at radius 3 is 2.44 bits per heavy atom. The number of imidazole rings is 1. The Hall–Kier alpha value is -2.54. The molecule has 32 heavy (non-hydrogen) atoms. The number of hydrogen-bond donors (Lipinski definition) is 1. The number of nitrogens with zero attached hydrogens (tertiary/aromatic N) is 3. The van der Waals surface area contributed by atoms with Gasteiger partial charge in [-0.15, -0.1) is 12.4 Å². The average molecular weight is 492 g/mol. The number of benzene rings is 2. The number of nitrogens with one attached hydrogen (secondary N) is 1. The lowest BCUT2D eigenvalue weighted by molar-refractivity contribution is 0.535. The van der Waals surface area contributed by atoms with Crippen molar-refractivity contribution < 1.29 is 0 Å². The largest absolute Gasteiger partial charge is 0.330 e.